The van der Waals surface area contributed by atoms with Crippen LogP contribution in [0.5, 0.6) is 0 Å². The van der Waals surface area contributed by atoms with Crippen LogP contribution in [0.4, 0.5) is 4.79 Å². The van der Waals surface area contributed by atoms with Crippen molar-refractivity contribution in [1.82, 2.24) is 10.3 Å². The number of rotatable bonds is 7. The zero-order valence-corrected chi connectivity index (χ0v) is 17.9. The number of fused-ring (bicyclic) bond motifs is 3. The van der Waals surface area contributed by atoms with Gasteiger partial charge in [-0.3, -0.25) is 0 Å². The molecule has 3 aromatic rings. The molecular formula is C25H21ClN2O4. The number of ether oxygens (including phenoxy) is 1. The molecule has 6 nitrogen and oxygen atoms in total. The third-order valence-corrected chi connectivity index (χ3v) is 5.59. The number of carboxylic acid groups (broad SMARTS) is 1. The number of pyridine rings is 1. The summed E-state index contributed by atoms with van der Waals surface area (Å²) in [4.78, 5) is 26.9. The molecular weight excluding hydrogens is 428 g/mol. The summed E-state index contributed by atoms with van der Waals surface area (Å²) in [6.45, 7) is 0.678. The number of aromatic carboxylic acids is 1. The Balaban J connectivity index is 1.26. The van der Waals surface area contributed by atoms with Gasteiger partial charge in [0.2, 0.25) is 0 Å². The summed E-state index contributed by atoms with van der Waals surface area (Å²) < 4.78 is 5.50. The van der Waals surface area contributed by atoms with Gasteiger partial charge in [0.15, 0.2) is 5.69 Å². The average molecular weight is 449 g/mol. The van der Waals surface area contributed by atoms with Crippen molar-refractivity contribution in [3.63, 3.8) is 0 Å². The fourth-order valence-electron chi connectivity index (χ4n) is 3.83. The summed E-state index contributed by atoms with van der Waals surface area (Å²) in [5.41, 5.74) is 5.22. The number of amides is 1. The van der Waals surface area contributed by atoms with E-state index in [0.717, 1.165) is 0 Å². The molecule has 0 atom stereocenters. The van der Waals surface area contributed by atoms with E-state index in [4.69, 9.17) is 21.4 Å². The number of carbonyl (C=O) groups excluding carboxylic acids is 1. The molecule has 0 saturated carbocycles. The first-order valence-electron chi connectivity index (χ1n) is 10.2. The average Bonchev–Trinajstić information content (AvgIpc) is 3.11. The molecule has 1 heterocycles. The first-order chi connectivity index (χ1) is 15.5. The normalized spacial score (nSPS) is 12.4. The summed E-state index contributed by atoms with van der Waals surface area (Å²) in [5, 5.41) is 11.8. The second-order valence-electron chi connectivity index (χ2n) is 7.35. The first-order valence-corrected chi connectivity index (χ1v) is 10.6. The highest BCUT2D eigenvalue weighted by atomic mass is 35.5. The van der Waals surface area contributed by atoms with E-state index in [2.05, 4.69) is 34.6 Å². The molecule has 0 fully saturated rings. The van der Waals surface area contributed by atoms with Crippen LogP contribution in [0.25, 0.3) is 17.2 Å². The number of hydrogen-bond donors (Lipinski definition) is 2. The maximum atomic E-state index is 12.2. The van der Waals surface area contributed by atoms with Gasteiger partial charge in [-0.25, -0.2) is 14.6 Å². The molecule has 2 N–H and O–H groups in total. The summed E-state index contributed by atoms with van der Waals surface area (Å²) in [6, 6.07) is 17.9. The molecule has 32 heavy (non-hydrogen) atoms. The minimum Gasteiger partial charge on any atom is -0.476 e. The molecule has 0 spiro atoms. The standard InChI is InChI=1S/C25H21ClN2O4/c26-22-13-16(14-28-23(22)24(29)30)7-5-6-12-27-25(31)32-15-21-19-10-3-1-8-17(19)18-9-2-4-11-20(18)21/h1-5,7-11,13-14,21H,6,12,15H2,(H,27,31)(H,29,30). The van der Waals surface area contributed by atoms with Crippen LogP contribution in [-0.2, 0) is 4.74 Å². The number of carboxylic acids is 1. The Hall–Kier alpha value is -3.64. The summed E-state index contributed by atoms with van der Waals surface area (Å²) in [6.07, 6.45) is 5.16. The van der Waals surface area contributed by atoms with Crippen LogP contribution in [0.1, 0.15) is 39.5 Å². The van der Waals surface area contributed by atoms with Crippen molar-refractivity contribution in [3.8, 4) is 11.1 Å². The monoisotopic (exact) mass is 448 g/mol. The van der Waals surface area contributed by atoms with E-state index in [-0.39, 0.29) is 23.2 Å². The van der Waals surface area contributed by atoms with Gasteiger partial charge in [0.1, 0.15) is 6.61 Å². The summed E-state index contributed by atoms with van der Waals surface area (Å²) in [5.74, 6) is -1.14. The van der Waals surface area contributed by atoms with Gasteiger partial charge in [-0.15, -0.1) is 0 Å². The highest BCUT2D eigenvalue weighted by Gasteiger charge is 2.28. The molecule has 0 radical (unpaired) electrons. The second kappa shape index (κ2) is 9.66. The smallest absolute Gasteiger partial charge is 0.407 e. The molecule has 0 saturated heterocycles. The van der Waals surface area contributed by atoms with Crippen LogP contribution >= 0.6 is 11.6 Å². The highest BCUT2D eigenvalue weighted by Crippen LogP contribution is 2.44. The predicted octanol–water partition coefficient (Wildman–Crippen LogP) is 5.38. The molecule has 1 amide bonds. The van der Waals surface area contributed by atoms with Gasteiger partial charge in [0, 0.05) is 18.7 Å². The summed E-state index contributed by atoms with van der Waals surface area (Å²) >= 11 is 5.91. The highest BCUT2D eigenvalue weighted by molar-refractivity contribution is 6.33. The number of nitrogens with zero attached hydrogens (tertiary/aromatic N) is 1. The van der Waals surface area contributed by atoms with Gasteiger partial charge in [-0.1, -0.05) is 72.3 Å². The minimum absolute atomic E-state index is 0.0269. The third-order valence-electron chi connectivity index (χ3n) is 5.30. The fourth-order valence-corrected chi connectivity index (χ4v) is 4.08. The van der Waals surface area contributed by atoms with Gasteiger partial charge >= 0.3 is 12.1 Å². The van der Waals surface area contributed by atoms with Crippen molar-refractivity contribution in [2.45, 2.75) is 12.3 Å². The Morgan fingerprint density at radius 3 is 2.38 bits per heavy atom. The van der Waals surface area contributed by atoms with Gasteiger partial charge in [0.05, 0.1) is 5.02 Å². The molecule has 1 aromatic heterocycles. The molecule has 1 aliphatic carbocycles. The first kappa shape index (κ1) is 21.6. The van der Waals surface area contributed by atoms with E-state index < -0.39 is 12.1 Å². The lowest BCUT2D eigenvalue weighted by Crippen LogP contribution is -2.26. The molecule has 162 valence electrons. The quantitative estimate of drug-likeness (QED) is 0.474. The van der Waals surface area contributed by atoms with E-state index in [1.54, 1.807) is 6.08 Å². The van der Waals surface area contributed by atoms with Crippen molar-refractivity contribution in [1.29, 1.82) is 0 Å². The van der Waals surface area contributed by atoms with Crippen LogP contribution in [0.2, 0.25) is 5.02 Å². The number of hydrogen-bond acceptors (Lipinski definition) is 4. The lowest BCUT2D eigenvalue weighted by atomic mass is 9.98. The molecule has 0 unspecified atom stereocenters. The van der Waals surface area contributed by atoms with E-state index in [1.807, 2.05) is 30.3 Å². The third kappa shape index (κ3) is 4.65. The zero-order valence-electron chi connectivity index (χ0n) is 17.1. The van der Waals surface area contributed by atoms with Crippen molar-refractivity contribution in [2.75, 3.05) is 13.2 Å². The molecule has 1 aliphatic rings. The van der Waals surface area contributed by atoms with E-state index in [1.165, 1.54) is 34.5 Å². The zero-order chi connectivity index (χ0) is 22.5. The number of carbonyl (C=O) groups is 2. The second-order valence-corrected chi connectivity index (χ2v) is 7.75. The van der Waals surface area contributed by atoms with Crippen LogP contribution in [0, 0.1) is 0 Å². The van der Waals surface area contributed by atoms with Crippen molar-refractivity contribution in [3.05, 3.63) is 94.3 Å². The lowest BCUT2D eigenvalue weighted by Gasteiger charge is -2.14. The number of benzene rings is 2. The number of nitrogens with one attached hydrogen (secondary N) is 1. The fraction of sp³-hybridized carbons (Fsp3) is 0.160. The molecule has 0 aliphatic heterocycles. The van der Waals surface area contributed by atoms with Crippen molar-refractivity contribution in [2.24, 2.45) is 0 Å². The van der Waals surface area contributed by atoms with Crippen molar-refractivity contribution < 1.29 is 19.4 Å². The Morgan fingerprint density at radius 2 is 1.75 bits per heavy atom. The largest absolute Gasteiger partial charge is 0.476 e. The Bertz CT molecular complexity index is 1150. The summed E-state index contributed by atoms with van der Waals surface area (Å²) in [7, 11) is 0. The topological polar surface area (TPSA) is 88.5 Å². The van der Waals surface area contributed by atoms with Crippen molar-refractivity contribution >= 4 is 29.7 Å². The predicted molar refractivity (Wildman–Crippen MR) is 123 cm³/mol. The molecule has 7 heteroatoms. The number of halogens is 1. The van der Waals surface area contributed by atoms with Gasteiger partial charge < -0.3 is 15.2 Å². The van der Waals surface area contributed by atoms with E-state index in [0.29, 0.717) is 18.5 Å². The Morgan fingerprint density at radius 1 is 1.09 bits per heavy atom. The number of alkyl carbamates (subject to hydrolysis) is 1. The van der Waals surface area contributed by atoms with Crippen LogP contribution < -0.4 is 5.32 Å². The number of aromatic nitrogens is 1. The molecule has 0 bridgehead atoms. The van der Waals surface area contributed by atoms with Crippen LogP contribution in [0.15, 0.2) is 66.9 Å². The van der Waals surface area contributed by atoms with E-state index in [9.17, 15) is 9.59 Å². The maximum absolute atomic E-state index is 12.2. The van der Waals surface area contributed by atoms with Crippen LogP contribution in [0.3, 0.4) is 0 Å². The van der Waals surface area contributed by atoms with Gasteiger partial charge in [-0.2, -0.15) is 0 Å². The Kier molecular flexibility index (Phi) is 6.52. The lowest BCUT2D eigenvalue weighted by molar-refractivity contribution is 0.0690. The Labute approximate surface area is 190 Å². The molecule has 2 aromatic carbocycles. The maximum Gasteiger partial charge on any atom is 0.407 e. The van der Waals surface area contributed by atoms with Gasteiger partial charge in [0.25, 0.3) is 0 Å². The SMILES string of the molecule is O=C(NCCC=Cc1cnc(C(=O)O)c(Cl)c1)OCC1c2ccccc2-c2ccccc21. The molecule has 4 rings (SSSR count). The van der Waals surface area contributed by atoms with Gasteiger partial charge in [-0.05, 0) is 40.3 Å². The van der Waals surface area contributed by atoms with Crippen LogP contribution in [-0.4, -0.2) is 35.3 Å². The minimum atomic E-state index is -1.17. The van der Waals surface area contributed by atoms with E-state index >= 15 is 0 Å².